The Balaban J connectivity index is 2.43. The van der Waals surface area contributed by atoms with Gasteiger partial charge < -0.3 is 9.80 Å². The van der Waals surface area contributed by atoms with E-state index >= 15 is 0 Å². The quantitative estimate of drug-likeness (QED) is 0.656. The number of fused-ring (bicyclic) bond motifs is 2. The van der Waals surface area contributed by atoms with Crippen molar-refractivity contribution in [1.29, 1.82) is 0 Å². The SMILES string of the molecule is CN1c2c(n(C)c(=O)n(C)c2=O)N(C)C2(C)CC12C. The Labute approximate surface area is 111 Å². The molecule has 0 saturated heterocycles. The van der Waals surface area contributed by atoms with Crippen molar-refractivity contribution in [2.24, 2.45) is 14.1 Å². The second-order valence-corrected chi connectivity index (χ2v) is 6.22. The fraction of sp³-hybridized carbons (Fsp3) is 0.692. The van der Waals surface area contributed by atoms with Crippen LogP contribution in [0.4, 0.5) is 11.5 Å². The molecule has 1 fully saturated rings. The van der Waals surface area contributed by atoms with Crippen molar-refractivity contribution in [3.8, 4) is 0 Å². The van der Waals surface area contributed by atoms with Gasteiger partial charge in [-0.2, -0.15) is 0 Å². The molecule has 6 nitrogen and oxygen atoms in total. The summed E-state index contributed by atoms with van der Waals surface area (Å²) >= 11 is 0. The first-order chi connectivity index (χ1) is 8.67. The molecule has 2 heterocycles. The summed E-state index contributed by atoms with van der Waals surface area (Å²) in [5, 5.41) is 0. The van der Waals surface area contributed by atoms with Crippen molar-refractivity contribution in [1.82, 2.24) is 9.13 Å². The minimum Gasteiger partial charge on any atom is -0.359 e. The molecule has 0 radical (unpaired) electrons. The third-order valence-electron chi connectivity index (χ3n) is 5.47. The van der Waals surface area contributed by atoms with Crippen LogP contribution in [0.25, 0.3) is 0 Å². The van der Waals surface area contributed by atoms with E-state index in [1.165, 1.54) is 11.6 Å². The van der Waals surface area contributed by atoms with E-state index in [-0.39, 0.29) is 22.3 Å². The summed E-state index contributed by atoms with van der Waals surface area (Å²) < 4.78 is 2.74. The average molecular weight is 264 g/mol. The van der Waals surface area contributed by atoms with Gasteiger partial charge in [-0.1, -0.05) is 0 Å². The highest BCUT2D eigenvalue weighted by atomic mass is 16.2. The summed E-state index contributed by atoms with van der Waals surface area (Å²) in [5.41, 5.74) is 0.0490. The predicted octanol–water partition coefficient (Wildman–Crippen LogP) is -0.109. The maximum atomic E-state index is 12.4. The van der Waals surface area contributed by atoms with E-state index in [9.17, 15) is 9.59 Å². The Hall–Kier alpha value is -1.72. The second-order valence-electron chi connectivity index (χ2n) is 6.22. The van der Waals surface area contributed by atoms with Crippen LogP contribution in [0.15, 0.2) is 9.59 Å². The first kappa shape index (κ1) is 12.3. The molecule has 6 heteroatoms. The lowest BCUT2D eigenvalue weighted by Gasteiger charge is -2.44. The molecule has 0 N–H and O–H groups in total. The van der Waals surface area contributed by atoms with E-state index in [1.807, 2.05) is 19.0 Å². The number of hydrogen-bond donors (Lipinski definition) is 0. The van der Waals surface area contributed by atoms with Gasteiger partial charge in [-0.05, 0) is 20.3 Å². The largest absolute Gasteiger partial charge is 0.359 e. The Morgan fingerprint density at radius 2 is 1.42 bits per heavy atom. The fourth-order valence-corrected chi connectivity index (χ4v) is 3.56. The van der Waals surface area contributed by atoms with Crippen molar-refractivity contribution in [2.45, 2.75) is 31.3 Å². The maximum absolute atomic E-state index is 12.4. The van der Waals surface area contributed by atoms with Gasteiger partial charge in [0.2, 0.25) is 0 Å². The van der Waals surface area contributed by atoms with Gasteiger partial charge in [0, 0.05) is 28.2 Å². The Bertz CT molecular complexity index is 704. The first-order valence-electron chi connectivity index (χ1n) is 6.44. The molecule has 0 amide bonds. The number of nitrogens with zero attached hydrogens (tertiary/aromatic N) is 4. The van der Waals surface area contributed by atoms with Crippen molar-refractivity contribution in [2.75, 3.05) is 23.9 Å². The molecule has 19 heavy (non-hydrogen) atoms. The summed E-state index contributed by atoms with van der Waals surface area (Å²) in [6, 6.07) is 0. The maximum Gasteiger partial charge on any atom is 0.332 e. The molecule has 2 atom stereocenters. The molecule has 2 unspecified atom stereocenters. The Morgan fingerprint density at radius 1 is 0.895 bits per heavy atom. The lowest BCUT2D eigenvalue weighted by Crippen LogP contribution is -2.56. The van der Waals surface area contributed by atoms with Gasteiger partial charge >= 0.3 is 5.69 Å². The van der Waals surface area contributed by atoms with Crippen molar-refractivity contribution in [3.63, 3.8) is 0 Å². The van der Waals surface area contributed by atoms with Crippen molar-refractivity contribution < 1.29 is 0 Å². The van der Waals surface area contributed by atoms with Crippen molar-refractivity contribution >= 4 is 11.5 Å². The molecule has 104 valence electrons. The molecule has 3 rings (SSSR count). The van der Waals surface area contributed by atoms with E-state index in [1.54, 1.807) is 11.6 Å². The van der Waals surface area contributed by atoms with Crippen LogP contribution >= 0.6 is 0 Å². The molecular formula is C13H20N4O2. The van der Waals surface area contributed by atoms with Crippen LogP contribution in [0.3, 0.4) is 0 Å². The molecule has 0 bridgehead atoms. The molecule has 2 aliphatic rings. The third-order valence-corrected chi connectivity index (χ3v) is 5.47. The Kier molecular flexibility index (Phi) is 1.98. The number of anilines is 2. The highest BCUT2D eigenvalue weighted by Crippen LogP contribution is 2.60. The van der Waals surface area contributed by atoms with Crippen LogP contribution in [0.5, 0.6) is 0 Å². The summed E-state index contributed by atoms with van der Waals surface area (Å²) in [5.74, 6) is 0.716. The molecule has 0 aromatic carbocycles. The minimum atomic E-state index is -0.281. The van der Waals surface area contributed by atoms with Crippen molar-refractivity contribution in [3.05, 3.63) is 20.8 Å². The van der Waals surface area contributed by atoms with Crippen LogP contribution < -0.4 is 21.0 Å². The molecule has 1 aliphatic carbocycles. The van der Waals surface area contributed by atoms with E-state index in [0.29, 0.717) is 11.5 Å². The third kappa shape index (κ3) is 1.09. The molecule has 1 aromatic heterocycles. The number of rotatable bonds is 0. The van der Waals surface area contributed by atoms with E-state index < -0.39 is 0 Å². The van der Waals surface area contributed by atoms with Gasteiger partial charge in [0.1, 0.15) is 11.5 Å². The molecule has 0 spiro atoms. The molecule has 1 aliphatic heterocycles. The fourth-order valence-electron chi connectivity index (χ4n) is 3.56. The molecular weight excluding hydrogens is 244 g/mol. The van der Waals surface area contributed by atoms with Gasteiger partial charge in [-0.3, -0.25) is 13.9 Å². The zero-order valence-corrected chi connectivity index (χ0v) is 12.3. The van der Waals surface area contributed by atoms with Gasteiger partial charge in [0.05, 0.1) is 11.1 Å². The van der Waals surface area contributed by atoms with Gasteiger partial charge in [0.15, 0.2) is 0 Å². The van der Waals surface area contributed by atoms with Crippen LogP contribution in [-0.4, -0.2) is 34.3 Å². The van der Waals surface area contributed by atoms with Crippen LogP contribution in [0, 0.1) is 0 Å². The van der Waals surface area contributed by atoms with Crippen LogP contribution in [0.2, 0.25) is 0 Å². The van der Waals surface area contributed by atoms with E-state index in [0.717, 1.165) is 6.42 Å². The lowest BCUT2D eigenvalue weighted by atomic mass is 10.1. The van der Waals surface area contributed by atoms with Crippen LogP contribution in [0.1, 0.15) is 20.3 Å². The number of likely N-dealkylation sites (N-methyl/N-ethyl adjacent to an activating group) is 2. The van der Waals surface area contributed by atoms with E-state index in [4.69, 9.17) is 0 Å². The topological polar surface area (TPSA) is 50.5 Å². The monoisotopic (exact) mass is 264 g/mol. The molecule has 1 aromatic rings. The summed E-state index contributed by atoms with van der Waals surface area (Å²) in [7, 11) is 7.17. The number of hydrogen-bond acceptors (Lipinski definition) is 4. The standard InChI is InChI=1S/C13H20N4O2/c1-12-7-13(12,2)17(6)9-8(16(12)5)10(18)15(4)11(19)14(9)3/h7H2,1-6H3. The zero-order chi connectivity index (χ0) is 14.3. The smallest absolute Gasteiger partial charge is 0.332 e. The van der Waals surface area contributed by atoms with Gasteiger partial charge in [-0.15, -0.1) is 0 Å². The van der Waals surface area contributed by atoms with Gasteiger partial charge in [-0.25, -0.2) is 4.79 Å². The Morgan fingerprint density at radius 3 is 2.00 bits per heavy atom. The highest BCUT2D eigenvalue weighted by molar-refractivity contribution is 5.76. The average Bonchev–Trinajstić information content (AvgIpc) is 2.95. The molecule has 1 saturated carbocycles. The predicted molar refractivity (Wildman–Crippen MR) is 75.2 cm³/mol. The zero-order valence-electron chi connectivity index (χ0n) is 12.3. The summed E-state index contributed by atoms with van der Waals surface area (Å²) in [6.07, 6.45) is 0.985. The van der Waals surface area contributed by atoms with Crippen LogP contribution in [-0.2, 0) is 14.1 Å². The highest BCUT2D eigenvalue weighted by Gasteiger charge is 2.69. The summed E-state index contributed by atoms with van der Waals surface area (Å²) in [4.78, 5) is 28.7. The summed E-state index contributed by atoms with van der Waals surface area (Å²) in [6.45, 7) is 4.34. The minimum absolute atomic E-state index is 0.0225. The lowest BCUT2D eigenvalue weighted by molar-refractivity contribution is 0.503. The first-order valence-corrected chi connectivity index (χ1v) is 6.44. The van der Waals surface area contributed by atoms with E-state index in [2.05, 4.69) is 18.7 Å². The van der Waals surface area contributed by atoms with Gasteiger partial charge in [0.25, 0.3) is 5.56 Å². The number of aromatic nitrogens is 2. The second kappa shape index (κ2) is 3.05. The normalized spacial score (nSPS) is 32.1.